The molecule has 0 saturated carbocycles. The van der Waals surface area contributed by atoms with Gasteiger partial charge in [0, 0.05) is 5.41 Å². The van der Waals surface area contributed by atoms with Gasteiger partial charge in [-0.15, -0.1) is 0 Å². The number of amides is 1. The van der Waals surface area contributed by atoms with E-state index >= 15 is 0 Å². The van der Waals surface area contributed by atoms with Crippen molar-refractivity contribution in [2.75, 3.05) is 19.6 Å². The number of nitrogens with two attached hydrogens (primary N) is 2. The van der Waals surface area contributed by atoms with Crippen LogP contribution in [0.1, 0.15) is 27.2 Å². The van der Waals surface area contributed by atoms with E-state index in [0.29, 0.717) is 11.5 Å². The molecule has 4 N–H and O–H groups in total. The molecule has 0 aliphatic rings. The molecule has 0 aliphatic carbocycles. The fourth-order valence-electron chi connectivity index (χ4n) is 1.13. The van der Waals surface area contributed by atoms with Gasteiger partial charge >= 0.3 is 0 Å². The molecule has 1 amide bonds. The molecule has 0 unspecified atom stereocenters. The van der Waals surface area contributed by atoms with Gasteiger partial charge in [0.1, 0.15) is 0 Å². The number of nitrogens with zero attached hydrogens (tertiary/aromatic N) is 1. The van der Waals surface area contributed by atoms with Crippen LogP contribution in [0.4, 0.5) is 0 Å². The molecular weight excluding hydrogens is 210 g/mol. The zero-order valence-electron chi connectivity index (χ0n) is 9.75. The first-order valence-corrected chi connectivity index (χ1v) is 5.51. The standard InChI is InChI=1S/C10H21N3OS/c1-4-13(7-8(11)14)6-5-10(2,3)9(12)15/h4-7H2,1-3H3,(H2,11,14)(H2,12,15). The molecule has 0 radical (unpaired) electrons. The van der Waals surface area contributed by atoms with Gasteiger partial charge < -0.3 is 11.5 Å². The summed E-state index contributed by atoms with van der Waals surface area (Å²) in [5, 5.41) is 0. The molecule has 0 heterocycles. The molecule has 4 nitrogen and oxygen atoms in total. The zero-order valence-corrected chi connectivity index (χ0v) is 10.6. The fourth-order valence-corrected chi connectivity index (χ4v) is 1.23. The van der Waals surface area contributed by atoms with Crippen LogP contribution in [0.5, 0.6) is 0 Å². The van der Waals surface area contributed by atoms with Gasteiger partial charge in [-0.1, -0.05) is 33.0 Å². The summed E-state index contributed by atoms with van der Waals surface area (Å²) in [4.78, 5) is 13.3. The highest BCUT2D eigenvalue weighted by Crippen LogP contribution is 2.20. The maximum Gasteiger partial charge on any atom is 0.231 e. The Morgan fingerprint density at radius 3 is 2.27 bits per heavy atom. The predicted octanol–water partition coefficient (Wildman–Crippen LogP) is 0.496. The summed E-state index contributed by atoms with van der Waals surface area (Å²) in [6, 6.07) is 0. The second-order valence-electron chi connectivity index (χ2n) is 4.33. The number of carbonyl (C=O) groups excluding carboxylic acids is 1. The molecule has 0 aromatic carbocycles. The Bertz CT molecular complexity index is 241. The average Bonchev–Trinajstić information content (AvgIpc) is 2.11. The SMILES string of the molecule is CCN(CCC(C)(C)C(N)=S)CC(N)=O. The molecule has 0 aliphatic heterocycles. The number of likely N-dealkylation sites (N-methyl/N-ethyl adjacent to an activating group) is 1. The molecule has 0 fully saturated rings. The molecule has 0 rings (SSSR count). The maximum absolute atomic E-state index is 10.8. The Morgan fingerprint density at radius 1 is 1.40 bits per heavy atom. The third-order valence-corrected chi connectivity index (χ3v) is 3.10. The molecule has 15 heavy (non-hydrogen) atoms. The summed E-state index contributed by atoms with van der Waals surface area (Å²) in [5.41, 5.74) is 10.6. The van der Waals surface area contributed by atoms with Gasteiger partial charge in [-0.2, -0.15) is 0 Å². The van der Waals surface area contributed by atoms with E-state index in [2.05, 4.69) is 0 Å². The normalized spacial score (nSPS) is 11.7. The van der Waals surface area contributed by atoms with E-state index < -0.39 is 0 Å². The maximum atomic E-state index is 10.8. The van der Waals surface area contributed by atoms with Gasteiger partial charge in [0.2, 0.25) is 5.91 Å². The zero-order chi connectivity index (χ0) is 12.1. The van der Waals surface area contributed by atoms with Crippen molar-refractivity contribution in [3.63, 3.8) is 0 Å². The number of carbonyl (C=O) groups is 1. The summed E-state index contributed by atoms with van der Waals surface area (Å²) < 4.78 is 0. The topological polar surface area (TPSA) is 72.3 Å². The average molecular weight is 231 g/mol. The minimum Gasteiger partial charge on any atom is -0.393 e. The number of thiocarbonyl (C=S) groups is 1. The summed E-state index contributed by atoms with van der Waals surface area (Å²) in [5.74, 6) is -0.301. The van der Waals surface area contributed by atoms with E-state index in [1.54, 1.807) is 0 Å². The van der Waals surface area contributed by atoms with Gasteiger partial charge in [0.25, 0.3) is 0 Å². The second kappa shape index (κ2) is 6.02. The number of hydrogen-bond donors (Lipinski definition) is 2. The van der Waals surface area contributed by atoms with Crippen LogP contribution in [0, 0.1) is 5.41 Å². The first kappa shape index (κ1) is 14.3. The quantitative estimate of drug-likeness (QED) is 0.626. The largest absolute Gasteiger partial charge is 0.393 e. The highest BCUT2D eigenvalue weighted by molar-refractivity contribution is 7.80. The number of primary amides is 1. The van der Waals surface area contributed by atoms with Gasteiger partial charge in [-0.3, -0.25) is 9.69 Å². The minimum absolute atomic E-state index is 0.166. The van der Waals surface area contributed by atoms with E-state index in [4.69, 9.17) is 23.7 Å². The van der Waals surface area contributed by atoms with Crippen LogP contribution in [0.25, 0.3) is 0 Å². The molecule has 0 aromatic heterocycles. The molecule has 0 saturated heterocycles. The minimum atomic E-state index is -0.301. The van der Waals surface area contributed by atoms with E-state index in [-0.39, 0.29) is 11.3 Å². The van der Waals surface area contributed by atoms with Crippen molar-refractivity contribution in [2.24, 2.45) is 16.9 Å². The van der Waals surface area contributed by atoms with Crippen LogP contribution < -0.4 is 11.5 Å². The lowest BCUT2D eigenvalue weighted by molar-refractivity contribution is -0.119. The van der Waals surface area contributed by atoms with Crippen LogP contribution in [0.2, 0.25) is 0 Å². The van der Waals surface area contributed by atoms with Crippen LogP contribution in [0.15, 0.2) is 0 Å². The smallest absolute Gasteiger partial charge is 0.231 e. The van der Waals surface area contributed by atoms with Crippen LogP contribution >= 0.6 is 12.2 Å². The molecular formula is C10H21N3OS. The molecule has 5 heteroatoms. The van der Waals surface area contributed by atoms with Gasteiger partial charge in [0.05, 0.1) is 11.5 Å². The highest BCUT2D eigenvalue weighted by atomic mass is 32.1. The van der Waals surface area contributed by atoms with Crippen LogP contribution in [-0.2, 0) is 4.79 Å². The molecule has 88 valence electrons. The first-order valence-electron chi connectivity index (χ1n) is 5.10. The van der Waals surface area contributed by atoms with Crippen molar-refractivity contribution in [2.45, 2.75) is 27.2 Å². The third kappa shape index (κ3) is 5.69. The van der Waals surface area contributed by atoms with E-state index in [1.807, 2.05) is 25.7 Å². The van der Waals surface area contributed by atoms with Crippen molar-refractivity contribution in [1.29, 1.82) is 0 Å². The Hall–Kier alpha value is -0.680. The fraction of sp³-hybridized carbons (Fsp3) is 0.800. The molecule has 0 atom stereocenters. The van der Waals surface area contributed by atoms with Crippen LogP contribution in [-0.4, -0.2) is 35.4 Å². The third-order valence-electron chi connectivity index (χ3n) is 2.55. The molecule has 0 spiro atoms. The predicted molar refractivity (Wildman–Crippen MR) is 66.5 cm³/mol. The molecule has 0 bridgehead atoms. The van der Waals surface area contributed by atoms with Crippen LogP contribution in [0.3, 0.4) is 0 Å². The van der Waals surface area contributed by atoms with E-state index in [0.717, 1.165) is 19.5 Å². The Balaban J connectivity index is 4.11. The summed E-state index contributed by atoms with van der Waals surface area (Å²) >= 11 is 4.98. The Morgan fingerprint density at radius 2 is 1.93 bits per heavy atom. The monoisotopic (exact) mass is 231 g/mol. The van der Waals surface area contributed by atoms with Crippen molar-refractivity contribution >= 4 is 23.1 Å². The first-order chi connectivity index (χ1) is 6.79. The number of hydrogen-bond acceptors (Lipinski definition) is 3. The lowest BCUT2D eigenvalue weighted by Crippen LogP contribution is -2.38. The number of rotatable bonds is 7. The summed E-state index contributed by atoms with van der Waals surface area (Å²) in [6.45, 7) is 7.89. The Kier molecular flexibility index (Phi) is 5.75. The van der Waals surface area contributed by atoms with Crippen molar-refractivity contribution < 1.29 is 4.79 Å². The van der Waals surface area contributed by atoms with Gasteiger partial charge in [-0.25, -0.2) is 0 Å². The lowest BCUT2D eigenvalue weighted by atomic mass is 9.89. The second-order valence-corrected chi connectivity index (χ2v) is 4.77. The van der Waals surface area contributed by atoms with Crippen molar-refractivity contribution in [3.05, 3.63) is 0 Å². The highest BCUT2D eigenvalue weighted by Gasteiger charge is 2.22. The summed E-state index contributed by atoms with van der Waals surface area (Å²) in [6.07, 6.45) is 0.837. The van der Waals surface area contributed by atoms with Gasteiger partial charge in [-0.05, 0) is 19.5 Å². The van der Waals surface area contributed by atoms with E-state index in [9.17, 15) is 4.79 Å². The Labute approximate surface area is 97.0 Å². The molecule has 0 aromatic rings. The summed E-state index contributed by atoms with van der Waals surface area (Å²) in [7, 11) is 0. The van der Waals surface area contributed by atoms with Crippen molar-refractivity contribution in [3.8, 4) is 0 Å². The van der Waals surface area contributed by atoms with Gasteiger partial charge in [0.15, 0.2) is 0 Å². The lowest BCUT2D eigenvalue weighted by Gasteiger charge is -2.27. The van der Waals surface area contributed by atoms with Crippen molar-refractivity contribution in [1.82, 2.24) is 4.90 Å². The van der Waals surface area contributed by atoms with E-state index in [1.165, 1.54) is 0 Å².